The lowest BCUT2D eigenvalue weighted by atomic mass is 9.98. The van der Waals surface area contributed by atoms with Gasteiger partial charge in [0.05, 0.1) is 0 Å². The molecule has 1 N–H and O–H groups in total. The average molecular weight is 654 g/mol. The van der Waals surface area contributed by atoms with Gasteiger partial charge in [0.15, 0.2) is 0 Å². The number of benzene rings is 3. The number of piperazine rings is 1. The van der Waals surface area contributed by atoms with Crippen molar-refractivity contribution in [2.75, 3.05) is 38.1 Å². The molecule has 40 heavy (non-hydrogen) atoms. The normalized spacial score (nSPS) is 15.4. The minimum Gasteiger partial charge on any atom is -0.448 e. The molecule has 5 rings (SSSR count). The van der Waals surface area contributed by atoms with E-state index >= 15 is 0 Å². The molecule has 0 spiro atoms. The van der Waals surface area contributed by atoms with Crippen molar-refractivity contribution in [1.82, 2.24) is 9.80 Å². The zero-order chi connectivity index (χ0) is 28.4. The van der Waals surface area contributed by atoms with Gasteiger partial charge in [-0.05, 0) is 95.8 Å². The lowest BCUT2D eigenvalue weighted by molar-refractivity contribution is 0.0139. The van der Waals surface area contributed by atoms with E-state index in [-0.39, 0.29) is 18.6 Å². The number of amides is 2. The van der Waals surface area contributed by atoms with E-state index in [0.717, 1.165) is 40.0 Å². The number of halogens is 1. The van der Waals surface area contributed by atoms with E-state index in [1.807, 2.05) is 58.0 Å². The smallest absolute Gasteiger partial charge is 0.411 e. The highest BCUT2D eigenvalue weighted by Gasteiger charge is 2.29. The Morgan fingerprint density at radius 1 is 0.950 bits per heavy atom. The summed E-state index contributed by atoms with van der Waals surface area (Å²) in [5.41, 5.74) is 7.17. The van der Waals surface area contributed by atoms with Crippen molar-refractivity contribution in [3.63, 3.8) is 0 Å². The van der Waals surface area contributed by atoms with Gasteiger partial charge < -0.3 is 14.4 Å². The van der Waals surface area contributed by atoms with E-state index < -0.39 is 11.7 Å². The van der Waals surface area contributed by atoms with Gasteiger partial charge in [0.25, 0.3) is 0 Å². The molecule has 1 aliphatic carbocycles. The van der Waals surface area contributed by atoms with Crippen molar-refractivity contribution in [2.45, 2.75) is 45.8 Å². The average Bonchev–Trinajstić information content (AvgIpc) is 3.23. The molecule has 0 bridgehead atoms. The fourth-order valence-electron chi connectivity index (χ4n) is 5.37. The Kier molecular flexibility index (Phi) is 8.37. The number of carbonyl (C=O) groups excluding carboxylic acids is 2. The Bertz CT molecular complexity index is 1360. The molecule has 2 amide bonds. The van der Waals surface area contributed by atoms with E-state index in [1.165, 1.54) is 22.3 Å². The maximum absolute atomic E-state index is 13.0. The van der Waals surface area contributed by atoms with Gasteiger partial charge >= 0.3 is 12.2 Å². The van der Waals surface area contributed by atoms with Gasteiger partial charge in [-0.3, -0.25) is 10.2 Å². The number of nitrogens with zero attached hydrogens (tertiary/aromatic N) is 2. The number of anilines is 1. The third kappa shape index (κ3) is 6.44. The molecule has 3 aromatic carbocycles. The van der Waals surface area contributed by atoms with Crippen LogP contribution in [0.25, 0.3) is 11.1 Å². The molecule has 0 unspecified atom stereocenters. The molecule has 2 aliphatic rings. The molecule has 1 aliphatic heterocycles. The number of hydrogen-bond donors (Lipinski definition) is 1. The maximum atomic E-state index is 13.0. The molecule has 8 heteroatoms. The van der Waals surface area contributed by atoms with Gasteiger partial charge in [0.1, 0.15) is 12.2 Å². The van der Waals surface area contributed by atoms with Crippen LogP contribution >= 0.6 is 22.6 Å². The molecule has 1 heterocycles. The van der Waals surface area contributed by atoms with Crippen LogP contribution in [0.15, 0.2) is 60.7 Å². The first-order chi connectivity index (χ1) is 19.1. The second-order valence-electron chi connectivity index (χ2n) is 11.4. The van der Waals surface area contributed by atoms with E-state index in [4.69, 9.17) is 9.47 Å². The Morgan fingerprint density at radius 2 is 1.55 bits per heavy atom. The van der Waals surface area contributed by atoms with Crippen LogP contribution in [-0.4, -0.2) is 60.4 Å². The molecule has 0 saturated carbocycles. The molecule has 210 valence electrons. The summed E-state index contributed by atoms with van der Waals surface area (Å²) < 4.78 is 12.4. The fourth-order valence-corrected chi connectivity index (χ4v) is 6.06. The molecule has 0 radical (unpaired) electrons. The largest absolute Gasteiger partial charge is 0.448 e. The van der Waals surface area contributed by atoms with Gasteiger partial charge in [0, 0.05) is 47.9 Å². The summed E-state index contributed by atoms with van der Waals surface area (Å²) in [5.74, 6) is 0.0186. The number of rotatable bonds is 5. The first kappa shape index (κ1) is 28.4. The van der Waals surface area contributed by atoms with Crippen molar-refractivity contribution in [1.29, 1.82) is 0 Å². The number of carbonyl (C=O) groups is 2. The Balaban J connectivity index is 1.19. The van der Waals surface area contributed by atoms with E-state index in [9.17, 15) is 9.59 Å². The third-order valence-corrected chi connectivity index (χ3v) is 8.54. The second-order valence-corrected chi connectivity index (χ2v) is 12.6. The highest BCUT2D eigenvalue weighted by atomic mass is 127. The summed E-state index contributed by atoms with van der Waals surface area (Å²) in [6.45, 7) is 11.4. The number of hydrogen-bond acceptors (Lipinski definition) is 5. The van der Waals surface area contributed by atoms with Crippen molar-refractivity contribution >= 4 is 40.5 Å². The number of ether oxygens (including phenoxy) is 2. The highest BCUT2D eigenvalue weighted by molar-refractivity contribution is 14.1. The number of nitrogens with one attached hydrogen (secondary N) is 1. The van der Waals surface area contributed by atoms with Crippen molar-refractivity contribution in [3.8, 4) is 11.1 Å². The van der Waals surface area contributed by atoms with Gasteiger partial charge in [-0.2, -0.15) is 0 Å². The number of fused-ring (bicyclic) bond motifs is 3. The Hall–Kier alpha value is -3.11. The van der Waals surface area contributed by atoms with Gasteiger partial charge in [-0.15, -0.1) is 0 Å². The molecular weight excluding hydrogens is 617 g/mol. The minimum absolute atomic E-state index is 0.0186. The van der Waals surface area contributed by atoms with E-state index in [2.05, 4.69) is 63.1 Å². The lowest BCUT2D eigenvalue weighted by Crippen LogP contribution is -2.49. The first-order valence-electron chi connectivity index (χ1n) is 13.7. The van der Waals surface area contributed by atoms with E-state index in [0.29, 0.717) is 13.1 Å². The van der Waals surface area contributed by atoms with Gasteiger partial charge in [-0.25, -0.2) is 9.59 Å². The third-order valence-electron chi connectivity index (χ3n) is 7.41. The van der Waals surface area contributed by atoms with Crippen molar-refractivity contribution < 1.29 is 19.1 Å². The molecular formula is C32H36IN3O4. The molecule has 3 aromatic rings. The quantitative estimate of drug-likeness (QED) is 0.300. The van der Waals surface area contributed by atoms with Crippen LogP contribution in [0.3, 0.4) is 0 Å². The summed E-state index contributed by atoms with van der Waals surface area (Å²) >= 11 is 2.31. The van der Waals surface area contributed by atoms with Crippen molar-refractivity contribution in [3.05, 3.63) is 86.5 Å². The molecule has 0 atom stereocenters. The molecule has 1 fully saturated rings. The van der Waals surface area contributed by atoms with E-state index in [1.54, 1.807) is 4.90 Å². The summed E-state index contributed by atoms with van der Waals surface area (Å²) in [7, 11) is 0. The zero-order valence-corrected chi connectivity index (χ0v) is 25.7. The predicted octanol–water partition coefficient (Wildman–Crippen LogP) is 7.01. The fraction of sp³-hybridized carbons (Fsp3) is 0.375. The minimum atomic E-state index is -0.497. The SMILES string of the molecule is Cc1c(I)cc(CN2CCN(C(=O)OC(C)(C)C)CC2)cc1NC(=O)OCC1c2ccccc2-c2ccccc21. The van der Waals surface area contributed by atoms with Crippen LogP contribution in [0.1, 0.15) is 48.9 Å². The summed E-state index contributed by atoms with van der Waals surface area (Å²) in [5, 5.41) is 2.99. The maximum Gasteiger partial charge on any atom is 0.411 e. The summed E-state index contributed by atoms with van der Waals surface area (Å²) in [4.78, 5) is 29.4. The van der Waals surface area contributed by atoms with Crippen LogP contribution in [-0.2, 0) is 16.0 Å². The first-order valence-corrected chi connectivity index (χ1v) is 14.8. The Labute approximate surface area is 250 Å². The van der Waals surface area contributed by atoms with Crippen LogP contribution in [0.2, 0.25) is 0 Å². The standard InChI is InChI=1S/C32H36IN3O4/c1-21-28(33)17-22(19-35-13-15-36(16-14-35)31(38)40-32(2,3)4)18-29(21)34-30(37)39-20-27-25-11-7-5-9-23(25)24-10-6-8-12-26(24)27/h5-12,17-18,27H,13-16,19-20H2,1-4H3,(H,34,37). The van der Waals surface area contributed by atoms with Gasteiger partial charge in [-0.1, -0.05) is 48.5 Å². The van der Waals surface area contributed by atoms with Gasteiger partial charge in [0.2, 0.25) is 0 Å². The molecule has 7 nitrogen and oxygen atoms in total. The van der Waals surface area contributed by atoms with Crippen LogP contribution in [0.4, 0.5) is 15.3 Å². The van der Waals surface area contributed by atoms with Crippen molar-refractivity contribution in [2.24, 2.45) is 0 Å². The second kappa shape index (κ2) is 11.8. The Morgan fingerprint density at radius 3 is 2.15 bits per heavy atom. The summed E-state index contributed by atoms with van der Waals surface area (Å²) in [6, 6.07) is 20.8. The summed E-state index contributed by atoms with van der Waals surface area (Å²) in [6.07, 6.45) is -0.712. The predicted molar refractivity (Wildman–Crippen MR) is 166 cm³/mol. The topological polar surface area (TPSA) is 71.1 Å². The van der Waals surface area contributed by atoms with Crippen LogP contribution < -0.4 is 5.32 Å². The highest BCUT2D eigenvalue weighted by Crippen LogP contribution is 2.44. The molecule has 0 aromatic heterocycles. The molecule has 1 saturated heterocycles. The monoisotopic (exact) mass is 653 g/mol. The lowest BCUT2D eigenvalue weighted by Gasteiger charge is -2.35. The zero-order valence-electron chi connectivity index (χ0n) is 23.5. The van der Waals surface area contributed by atoms with Crippen LogP contribution in [0.5, 0.6) is 0 Å². The van der Waals surface area contributed by atoms with Crippen LogP contribution in [0, 0.1) is 10.5 Å².